The van der Waals surface area contributed by atoms with Gasteiger partial charge in [-0.25, -0.2) is 47.5 Å². The van der Waals surface area contributed by atoms with Crippen LogP contribution in [0.5, 0.6) is 0 Å². The molecule has 0 aliphatic heterocycles. The van der Waals surface area contributed by atoms with E-state index in [-0.39, 0.29) is 12.2 Å². The third-order valence-corrected chi connectivity index (χ3v) is 2.95. The molecule has 25 heavy (non-hydrogen) atoms. The highest BCUT2D eigenvalue weighted by Gasteiger charge is 2.18. The van der Waals surface area contributed by atoms with Crippen LogP contribution in [0.1, 0.15) is 6.92 Å². The first-order valence-electron chi connectivity index (χ1n) is 6.68. The Hall–Kier alpha value is -3.71. The second-order valence-corrected chi connectivity index (χ2v) is 4.66. The van der Waals surface area contributed by atoms with Gasteiger partial charge in [-0.3, -0.25) is 0 Å². The van der Waals surface area contributed by atoms with Crippen LogP contribution in [0.25, 0.3) is 5.70 Å². The number of carbonyl (C=O) groups excluding carboxylic acids is 3. The molecule has 1 aromatic heterocycles. The van der Waals surface area contributed by atoms with Gasteiger partial charge in [0.1, 0.15) is 6.67 Å². The highest BCUT2D eigenvalue weighted by atomic mass is 16.2. The van der Waals surface area contributed by atoms with Gasteiger partial charge in [0.05, 0.1) is 19.1 Å². The zero-order valence-electron chi connectivity index (χ0n) is 13.0. The van der Waals surface area contributed by atoms with Gasteiger partial charge in [-0.1, -0.05) is 6.58 Å². The molecule has 0 bridgehead atoms. The van der Waals surface area contributed by atoms with E-state index in [1.165, 1.54) is 25.2 Å². The first kappa shape index (κ1) is 19.3. The van der Waals surface area contributed by atoms with Crippen LogP contribution in [0.4, 0.5) is 0 Å². The van der Waals surface area contributed by atoms with Crippen LogP contribution >= 0.6 is 0 Å². The normalized spacial score (nSPS) is 10.8. The molecule has 130 valence electrons. The summed E-state index contributed by atoms with van der Waals surface area (Å²) in [6.07, 6.45) is 3.68. The Morgan fingerprint density at radius 2 is 1.60 bits per heavy atom. The summed E-state index contributed by atoms with van der Waals surface area (Å²) in [5.41, 5.74) is -3.46. The molecule has 0 N–H and O–H groups in total. The largest absolute Gasteiger partial charge is 0.342 e. The SMILES string of the molecule is C=C(CN=C=O)n1c(=O)n(CN=C=O)c(=O)n(CC(C)N=C=O)c1=O. The molecule has 12 nitrogen and oxygen atoms in total. The molecule has 0 radical (unpaired) electrons. The van der Waals surface area contributed by atoms with Gasteiger partial charge in [-0.15, -0.1) is 0 Å². The fraction of sp³-hybridized carbons (Fsp3) is 0.385. The van der Waals surface area contributed by atoms with Crippen LogP contribution in [0.15, 0.2) is 35.9 Å². The van der Waals surface area contributed by atoms with Crippen molar-refractivity contribution >= 4 is 23.9 Å². The highest BCUT2D eigenvalue weighted by molar-refractivity contribution is 5.46. The zero-order chi connectivity index (χ0) is 19.0. The maximum atomic E-state index is 12.4. The number of hydrogen-bond donors (Lipinski definition) is 0. The Morgan fingerprint density at radius 1 is 1.00 bits per heavy atom. The molecule has 0 saturated carbocycles. The number of aliphatic imine (C=N–C) groups is 3. The molecule has 0 spiro atoms. The molecule has 1 atom stereocenters. The van der Waals surface area contributed by atoms with Crippen molar-refractivity contribution in [3.63, 3.8) is 0 Å². The van der Waals surface area contributed by atoms with Crippen molar-refractivity contribution in [2.24, 2.45) is 15.0 Å². The average Bonchev–Trinajstić information content (AvgIpc) is 2.57. The van der Waals surface area contributed by atoms with Gasteiger partial charge in [0, 0.05) is 5.70 Å². The summed E-state index contributed by atoms with van der Waals surface area (Å²) in [6, 6.07) is -0.793. The first-order valence-corrected chi connectivity index (χ1v) is 6.68. The quantitative estimate of drug-likeness (QED) is 0.391. The Labute approximate surface area is 138 Å². The molecule has 1 aromatic rings. The number of hydrogen-bond acceptors (Lipinski definition) is 9. The number of nitrogens with zero attached hydrogens (tertiary/aromatic N) is 6. The van der Waals surface area contributed by atoms with E-state index in [1.807, 2.05) is 0 Å². The fourth-order valence-electron chi connectivity index (χ4n) is 1.87. The van der Waals surface area contributed by atoms with Crippen molar-refractivity contribution in [3.05, 3.63) is 38.0 Å². The van der Waals surface area contributed by atoms with E-state index in [9.17, 15) is 28.8 Å². The second-order valence-electron chi connectivity index (χ2n) is 4.66. The van der Waals surface area contributed by atoms with E-state index < -0.39 is 36.3 Å². The molecule has 1 heterocycles. The van der Waals surface area contributed by atoms with Crippen molar-refractivity contribution in [3.8, 4) is 0 Å². The van der Waals surface area contributed by atoms with Crippen molar-refractivity contribution in [2.75, 3.05) is 6.54 Å². The average molecular weight is 348 g/mol. The van der Waals surface area contributed by atoms with Gasteiger partial charge in [-0.2, -0.15) is 9.98 Å². The summed E-state index contributed by atoms with van der Waals surface area (Å²) in [6.45, 7) is 3.45. The maximum absolute atomic E-state index is 12.4. The smallest absolute Gasteiger partial charge is 0.247 e. The molecule has 0 saturated heterocycles. The Morgan fingerprint density at radius 3 is 2.16 bits per heavy atom. The summed E-state index contributed by atoms with van der Waals surface area (Å²) < 4.78 is 1.60. The minimum Gasteiger partial charge on any atom is -0.247 e. The Kier molecular flexibility index (Phi) is 6.81. The van der Waals surface area contributed by atoms with E-state index in [2.05, 4.69) is 21.6 Å². The second kappa shape index (κ2) is 8.80. The van der Waals surface area contributed by atoms with E-state index >= 15 is 0 Å². The van der Waals surface area contributed by atoms with Crippen LogP contribution in [0.3, 0.4) is 0 Å². The van der Waals surface area contributed by atoms with E-state index in [0.717, 1.165) is 0 Å². The number of isocyanates is 3. The lowest BCUT2D eigenvalue weighted by atomic mass is 10.3. The molecular weight excluding hydrogens is 336 g/mol. The van der Waals surface area contributed by atoms with Gasteiger partial charge in [-0.05, 0) is 6.92 Å². The molecule has 0 aromatic carbocycles. The minimum absolute atomic E-state index is 0.206. The first-order chi connectivity index (χ1) is 11.9. The molecule has 1 rings (SSSR count). The van der Waals surface area contributed by atoms with Gasteiger partial charge < -0.3 is 0 Å². The van der Waals surface area contributed by atoms with Gasteiger partial charge in [0.15, 0.2) is 0 Å². The van der Waals surface area contributed by atoms with Gasteiger partial charge in [0.25, 0.3) is 0 Å². The topological polar surface area (TPSA) is 154 Å². The lowest BCUT2D eigenvalue weighted by Gasteiger charge is -2.14. The van der Waals surface area contributed by atoms with Crippen LogP contribution in [0.2, 0.25) is 0 Å². The maximum Gasteiger partial charge on any atom is 0.342 e. The summed E-state index contributed by atoms with van der Waals surface area (Å²) >= 11 is 0. The number of aromatic nitrogens is 3. The summed E-state index contributed by atoms with van der Waals surface area (Å²) in [7, 11) is 0. The predicted molar refractivity (Wildman–Crippen MR) is 83.2 cm³/mol. The van der Waals surface area contributed by atoms with Crippen molar-refractivity contribution in [2.45, 2.75) is 26.2 Å². The molecule has 12 heteroatoms. The third-order valence-electron chi connectivity index (χ3n) is 2.95. The molecular formula is C13H12N6O6. The predicted octanol–water partition coefficient (Wildman–Crippen LogP) is -2.00. The molecule has 1 unspecified atom stereocenters. The van der Waals surface area contributed by atoms with E-state index in [4.69, 9.17) is 0 Å². The fourth-order valence-corrected chi connectivity index (χ4v) is 1.87. The van der Waals surface area contributed by atoms with Gasteiger partial charge in [0.2, 0.25) is 18.2 Å². The Bertz CT molecular complexity index is 995. The number of rotatable bonds is 8. The lowest BCUT2D eigenvalue weighted by molar-refractivity contribution is 0.464. The summed E-state index contributed by atoms with van der Waals surface area (Å²) in [5, 5.41) is 0. The molecule has 0 aliphatic rings. The molecule has 0 amide bonds. The summed E-state index contributed by atoms with van der Waals surface area (Å²) in [5.74, 6) is 0. The molecule has 0 fully saturated rings. The van der Waals surface area contributed by atoms with Crippen molar-refractivity contribution in [1.82, 2.24) is 13.7 Å². The monoisotopic (exact) mass is 348 g/mol. The van der Waals surface area contributed by atoms with E-state index in [1.54, 1.807) is 0 Å². The highest BCUT2D eigenvalue weighted by Crippen LogP contribution is 1.95. The lowest BCUT2D eigenvalue weighted by Crippen LogP contribution is -2.55. The standard InChI is InChI=1S/C13H12N6O6/c1-9(16-8-22)4-17-11(23)18(5-15-7-21)13(25)19(12(17)24)10(2)3-14-6-20/h9H,2-5H2,1H3. The van der Waals surface area contributed by atoms with Crippen LogP contribution in [0, 0.1) is 0 Å². The Balaban J connectivity index is 3.74. The molecule has 0 aliphatic carbocycles. The van der Waals surface area contributed by atoms with Gasteiger partial charge >= 0.3 is 17.1 Å². The minimum atomic E-state index is -1.12. The zero-order valence-corrected chi connectivity index (χ0v) is 13.0. The van der Waals surface area contributed by atoms with Crippen LogP contribution in [-0.2, 0) is 27.6 Å². The third kappa shape index (κ3) is 4.40. The van der Waals surface area contributed by atoms with Crippen LogP contribution < -0.4 is 17.1 Å². The van der Waals surface area contributed by atoms with Crippen molar-refractivity contribution in [1.29, 1.82) is 0 Å². The van der Waals surface area contributed by atoms with E-state index in [0.29, 0.717) is 13.7 Å². The summed E-state index contributed by atoms with van der Waals surface area (Å²) in [4.78, 5) is 77.5. The van der Waals surface area contributed by atoms with Crippen LogP contribution in [-0.4, -0.2) is 44.5 Å². The van der Waals surface area contributed by atoms with Crippen molar-refractivity contribution < 1.29 is 14.4 Å².